The van der Waals surface area contributed by atoms with Crippen LogP contribution in [0, 0.1) is 0 Å². The van der Waals surface area contributed by atoms with E-state index in [1.807, 2.05) is 30.3 Å². The molecule has 0 aliphatic rings. The lowest BCUT2D eigenvalue weighted by Crippen LogP contribution is -2.32. The standard InChI is InChI=1S/C24H21NO5/c26-22(25-15-16-29-19-11-5-2-6-12-19)17-30-24(28)21-14-8-7-13-20(21)23(27)18-9-3-1-4-10-18/h1-14H,15-17H2,(H,25,26). The van der Waals surface area contributed by atoms with Gasteiger partial charge in [0.25, 0.3) is 5.91 Å². The molecule has 6 heteroatoms. The van der Waals surface area contributed by atoms with Gasteiger partial charge in [-0.3, -0.25) is 9.59 Å². The van der Waals surface area contributed by atoms with Crippen molar-refractivity contribution in [3.63, 3.8) is 0 Å². The smallest absolute Gasteiger partial charge is 0.339 e. The van der Waals surface area contributed by atoms with Gasteiger partial charge < -0.3 is 14.8 Å². The fourth-order valence-electron chi connectivity index (χ4n) is 2.74. The average Bonchev–Trinajstić information content (AvgIpc) is 2.81. The lowest BCUT2D eigenvalue weighted by molar-refractivity contribution is -0.124. The lowest BCUT2D eigenvalue weighted by atomic mass is 9.98. The largest absolute Gasteiger partial charge is 0.492 e. The molecule has 0 heterocycles. The number of hydrogen-bond acceptors (Lipinski definition) is 5. The highest BCUT2D eigenvalue weighted by Gasteiger charge is 2.19. The van der Waals surface area contributed by atoms with Gasteiger partial charge in [0.15, 0.2) is 12.4 Å². The SMILES string of the molecule is O=C(COC(=O)c1ccccc1C(=O)c1ccccc1)NCCOc1ccccc1. The molecule has 3 rings (SSSR count). The number of nitrogens with one attached hydrogen (secondary N) is 1. The van der Waals surface area contributed by atoms with Crippen LogP contribution in [-0.2, 0) is 9.53 Å². The van der Waals surface area contributed by atoms with E-state index in [9.17, 15) is 14.4 Å². The van der Waals surface area contributed by atoms with Crippen LogP contribution in [0.25, 0.3) is 0 Å². The van der Waals surface area contributed by atoms with Crippen molar-refractivity contribution in [2.45, 2.75) is 0 Å². The number of para-hydroxylation sites is 1. The van der Waals surface area contributed by atoms with Gasteiger partial charge in [0.1, 0.15) is 12.4 Å². The summed E-state index contributed by atoms with van der Waals surface area (Å²) in [6.45, 7) is 0.116. The molecular weight excluding hydrogens is 382 g/mol. The molecule has 0 aromatic heterocycles. The van der Waals surface area contributed by atoms with E-state index in [0.717, 1.165) is 0 Å². The topological polar surface area (TPSA) is 81.7 Å². The Labute approximate surface area is 174 Å². The first-order valence-corrected chi connectivity index (χ1v) is 9.45. The van der Waals surface area contributed by atoms with Crippen molar-refractivity contribution in [3.8, 4) is 5.75 Å². The summed E-state index contributed by atoms with van der Waals surface area (Å²) in [4.78, 5) is 37.1. The maximum atomic E-state index is 12.7. The normalized spacial score (nSPS) is 10.1. The Morgan fingerprint density at radius 1 is 0.733 bits per heavy atom. The quantitative estimate of drug-likeness (QED) is 0.337. The van der Waals surface area contributed by atoms with E-state index in [1.165, 1.54) is 6.07 Å². The molecule has 1 N–H and O–H groups in total. The molecule has 0 aliphatic heterocycles. The van der Waals surface area contributed by atoms with Crippen molar-refractivity contribution >= 4 is 17.7 Å². The van der Waals surface area contributed by atoms with Crippen LogP contribution in [-0.4, -0.2) is 37.4 Å². The van der Waals surface area contributed by atoms with Crippen LogP contribution >= 0.6 is 0 Å². The number of ether oxygens (including phenoxy) is 2. The number of carbonyl (C=O) groups excluding carboxylic acids is 3. The van der Waals surface area contributed by atoms with Gasteiger partial charge in [-0.25, -0.2) is 4.79 Å². The van der Waals surface area contributed by atoms with E-state index >= 15 is 0 Å². The molecule has 0 unspecified atom stereocenters. The summed E-state index contributed by atoms with van der Waals surface area (Å²) in [7, 11) is 0. The summed E-state index contributed by atoms with van der Waals surface area (Å²) in [5, 5.41) is 2.61. The first kappa shape index (κ1) is 20.8. The predicted octanol–water partition coefficient (Wildman–Crippen LogP) is 3.27. The van der Waals surface area contributed by atoms with Crippen LogP contribution in [0.5, 0.6) is 5.75 Å². The third kappa shape index (κ3) is 5.78. The Bertz CT molecular complexity index is 1000. The maximum Gasteiger partial charge on any atom is 0.339 e. The second-order valence-corrected chi connectivity index (χ2v) is 6.33. The molecule has 0 atom stereocenters. The molecule has 152 valence electrons. The van der Waals surface area contributed by atoms with Gasteiger partial charge in [0, 0.05) is 11.1 Å². The zero-order valence-electron chi connectivity index (χ0n) is 16.2. The maximum absolute atomic E-state index is 12.7. The summed E-state index contributed by atoms with van der Waals surface area (Å²) >= 11 is 0. The zero-order valence-corrected chi connectivity index (χ0v) is 16.2. The Balaban J connectivity index is 1.50. The molecule has 30 heavy (non-hydrogen) atoms. The zero-order chi connectivity index (χ0) is 21.2. The van der Waals surface area contributed by atoms with Crippen molar-refractivity contribution in [1.29, 1.82) is 0 Å². The first-order chi connectivity index (χ1) is 14.6. The second-order valence-electron chi connectivity index (χ2n) is 6.33. The number of esters is 1. The van der Waals surface area contributed by atoms with Gasteiger partial charge in [-0.2, -0.15) is 0 Å². The highest BCUT2D eigenvalue weighted by molar-refractivity contribution is 6.14. The number of amides is 1. The minimum absolute atomic E-state index is 0.117. The molecule has 0 aliphatic carbocycles. The summed E-state index contributed by atoms with van der Waals surface area (Å²) in [6.07, 6.45) is 0. The first-order valence-electron chi connectivity index (χ1n) is 9.45. The summed E-state index contributed by atoms with van der Waals surface area (Å²) < 4.78 is 10.6. The van der Waals surface area contributed by atoms with Crippen molar-refractivity contribution in [1.82, 2.24) is 5.32 Å². The molecule has 0 saturated heterocycles. The van der Waals surface area contributed by atoms with E-state index in [1.54, 1.807) is 48.5 Å². The predicted molar refractivity (Wildman–Crippen MR) is 112 cm³/mol. The fraction of sp³-hybridized carbons (Fsp3) is 0.125. The summed E-state index contributed by atoms with van der Waals surface area (Å²) in [6, 6.07) is 24.3. The van der Waals surface area contributed by atoms with Crippen LogP contribution in [0.4, 0.5) is 0 Å². The summed E-state index contributed by atoms with van der Waals surface area (Å²) in [5.74, 6) is -0.763. The number of carbonyl (C=O) groups is 3. The highest BCUT2D eigenvalue weighted by Crippen LogP contribution is 2.16. The Morgan fingerprint density at radius 2 is 1.33 bits per heavy atom. The third-order valence-electron chi connectivity index (χ3n) is 4.20. The van der Waals surface area contributed by atoms with Crippen LogP contribution in [0.15, 0.2) is 84.9 Å². The minimum Gasteiger partial charge on any atom is -0.492 e. The van der Waals surface area contributed by atoms with E-state index in [0.29, 0.717) is 11.3 Å². The van der Waals surface area contributed by atoms with Gasteiger partial charge in [-0.15, -0.1) is 0 Å². The lowest BCUT2D eigenvalue weighted by Gasteiger charge is -2.10. The van der Waals surface area contributed by atoms with E-state index < -0.39 is 18.5 Å². The monoisotopic (exact) mass is 403 g/mol. The van der Waals surface area contributed by atoms with E-state index in [2.05, 4.69) is 5.32 Å². The molecule has 3 aromatic carbocycles. The molecule has 0 bridgehead atoms. The molecule has 0 radical (unpaired) electrons. The van der Waals surface area contributed by atoms with Crippen LogP contribution in [0.1, 0.15) is 26.3 Å². The van der Waals surface area contributed by atoms with Crippen LogP contribution in [0.2, 0.25) is 0 Å². The van der Waals surface area contributed by atoms with Crippen LogP contribution < -0.4 is 10.1 Å². The molecule has 0 fully saturated rings. The van der Waals surface area contributed by atoms with Crippen molar-refractivity contribution in [2.75, 3.05) is 19.8 Å². The molecule has 6 nitrogen and oxygen atoms in total. The second kappa shape index (κ2) is 10.6. The number of benzene rings is 3. The van der Waals surface area contributed by atoms with E-state index in [-0.39, 0.29) is 30.1 Å². The Morgan fingerprint density at radius 3 is 2.03 bits per heavy atom. The van der Waals surface area contributed by atoms with Crippen molar-refractivity contribution in [3.05, 3.63) is 102 Å². The van der Waals surface area contributed by atoms with Crippen molar-refractivity contribution in [2.24, 2.45) is 0 Å². The van der Waals surface area contributed by atoms with Gasteiger partial charge in [0.05, 0.1) is 12.1 Å². The summed E-state index contributed by atoms with van der Waals surface area (Å²) in [5.41, 5.74) is 0.811. The van der Waals surface area contributed by atoms with Gasteiger partial charge >= 0.3 is 5.97 Å². The van der Waals surface area contributed by atoms with Gasteiger partial charge in [-0.1, -0.05) is 66.7 Å². The third-order valence-corrected chi connectivity index (χ3v) is 4.20. The van der Waals surface area contributed by atoms with Gasteiger partial charge in [-0.05, 0) is 18.2 Å². The number of hydrogen-bond donors (Lipinski definition) is 1. The molecule has 0 spiro atoms. The van der Waals surface area contributed by atoms with Crippen molar-refractivity contribution < 1.29 is 23.9 Å². The Kier molecular flexibility index (Phi) is 7.33. The Hall–Kier alpha value is -3.93. The average molecular weight is 403 g/mol. The molecule has 1 amide bonds. The molecular formula is C24H21NO5. The fourth-order valence-corrected chi connectivity index (χ4v) is 2.74. The van der Waals surface area contributed by atoms with Crippen LogP contribution in [0.3, 0.4) is 0 Å². The highest BCUT2D eigenvalue weighted by atomic mass is 16.5. The number of ketones is 1. The minimum atomic E-state index is -0.731. The molecule has 0 saturated carbocycles. The van der Waals surface area contributed by atoms with Gasteiger partial charge in [0.2, 0.25) is 0 Å². The van der Waals surface area contributed by atoms with E-state index in [4.69, 9.17) is 9.47 Å². The number of rotatable bonds is 9. The molecule has 3 aromatic rings.